The lowest BCUT2D eigenvalue weighted by Crippen LogP contribution is -2.29. The SMILES string of the molecule is O=C1[C]=CC=CC1C(F)(F)F. The second-order valence-electron chi connectivity index (χ2n) is 2.08. The summed E-state index contributed by atoms with van der Waals surface area (Å²) in [4.78, 5) is 10.5. The second kappa shape index (κ2) is 2.53. The van der Waals surface area contributed by atoms with Gasteiger partial charge in [0, 0.05) is 6.08 Å². The van der Waals surface area contributed by atoms with Crippen LogP contribution in [0.4, 0.5) is 13.2 Å². The Morgan fingerprint density at radius 1 is 1.45 bits per heavy atom. The minimum absolute atomic E-state index is 0.818. The highest BCUT2D eigenvalue weighted by atomic mass is 19.4. The number of alkyl halides is 3. The Hall–Kier alpha value is -1.06. The van der Waals surface area contributed by atoms with Crippen LogP contribution in [0.5, 0.6) is 0 Å². The molecule has 0 bridgehead atoms. The van der Waals surface area contributed by atoms with Crippen LogP contribution in [-0.2, 0) is 4.79 Å². The van der Waals surface area contributed by atoms with Crippen molar-refractivity contribution >= 4 is 5.78 Å². The van der Waals surface area contributed by atoms with Gasteiger partial charge in [0.2, 0.25) is 0 Å². The molecule has 59 valence electrons. The van der Waals surface area contributed by atoms with E-state index >= 15 is 0 Å². The van der Waals surface area contributed by atoms with E-state index in [1.807, 2.05) is 6.08 Å². The van der Waals surface area contributed by atoms with Gasteiger partial charge in [0.25, 0.3) is 0 Å². The third-order valence-electron chi connectivity index (χ3n) is 1.26. The van der Waals surface area contributed by atoms with Crippen molar-refractivity contribution in [2.75, 3.05) is 0 Å². The van der Waals surface area contributed by atoms with Gasteiger partial charge in [-0.3, -0.25) is 4.79 Å². The van der Waals surface area contributed by atoms with Gasteiger partial charge in [-0.2, -0.15) is 13.2 Å². The molecule has 1 nitrogen and oxygen atoms in total. The maximum atomic E-state index is 11.9. The number of carbonyl (C=O) groups excluding carboxylic acids is 1. The van der Waals surface area contributed by atoms with Crippen molar-refractivity contribution in [1.82, 2.24) is 0 Å². The molecule has 1 aliphatic carbocycles. The van der Waals surface area contributed by atoms with Crippen LogP contribution in [0, 0.1) is 12.0 Å². The topological polar surface area (TPSA) is 17.1 Å². The highest BCUT2D eigenvalue weighted by molar-refractivity contribution is 5.91. The number of allylic oxidation sites excluding steroid dienone is 4. The maximum absolute atomic E-state index is 11.9. The van der Waals surface area contributed by atoms with E-state index in [2.05, 4.69) is 0 Å². The molecule has 4 heteroatoms. The molecule has 0 heterocycles. The molecule has 0 aromatic heterocycles. The summed E-state index contributed by atoms with van der Waals surface area (Å²) in [6, 6.07) is 0. The van der Waals surface area contributed by atoms with E-state index in [9.17, 15) is 18.0 Å². The first kappa shape index (κ1) is 8.04. The number of carbonyl (C=O) groups is 1. The van der Waals surface area contributed by atoms with Gasteiger partial charge in [0.15, 0.2) is 5.78 Å². The van der Waals surface area contributed by atoms with Gasteiger partial charge < -0.3 is 0 Å². The van der Waals surface area contributed by atoms with Crippen molar-refractivity contribution in [2.45, 2.75) is 6.18 Å². The van der Waals surface area contributed by atoms with E-state index in [0.29, 0.717) is 0 Å². The minimum Gasteiger partial charge on any atom is -0.293 e. The molecule has 1 radical (unpaired) electrons. The van der Waals surface area contributed by atoms with E-state index in [-0.39, 0.29) is 0 Å². The van der Waals surface area contributed by atoms with Crippen LogP contribution in [0.15, 0.2) is 18.2 Å². The summed E-state index contributed by atoms with van der Waals surface area (Å²) in [6.45, 7) is 0. The Kier molecular flexibility index (Phi) is 1.85. The Morgan fingerprint density at radius 2 is 2.09 bits per heavy atom. The van der Waals surface area contributed by atoms with E-state index in [4.69, 9.17) is 0 Å². The van der Waals surface area contributed by atoms with Gasteiger partial charge in [-0.15, -0.1) is 0 Å². The van der Waals surface area contributed by atoms with Crippen molar-refractivity contribution in [3.63, 3.8) is 0 Å². The molecule has 0 aromatic carbocycles. The molecule has 1 unspecified atom stereocenters. The van der Waals surface area contributed by atoms with Gasteiger partial charge in [-0.25, -0.2) is 0 Å². The number of hydrogen-bond donors (Lipinski definition) is 0. The number of Topliss-reactive ketones (excluding diaryl/α,β-unsaturated/α-hetero) is 1. The van der Waals surface area contributed by atoms with Crippen LogP contribution in [0.3, 0.4) is 0 Å². The fraction of sp³-hybridized carbons (Fsp3) is 0.286. The summed E-state index contributed by atoms with van der Waals surface area (Å²) >= 11 is 0. The summed E-state index contributed by atoms with van der Waals surface area (Å²) < 4.78 is 35.6. The fourth-order valence-electron chi connectivity index (χ4n) is 0.732. The van der Waals surface area contributed by atoms with Crippen molar-refractivity contribution in [3.8, 4) is 0 Å². The van der Waals surface area contributed by atoms with E-state index < -0.39 is 17.9 Å². The molecule has 1 aliphatic rings. The molecule has 0 saturated heterocycles. The van der Waals surface area contributed by atoms with Crippen LogP contribution in [0.1, 0.15) is 0 Å². The zero-order chi connectivity index (χ0) is 8.48. The monoisotopic (exact) mass is 161 g/mol. The van der Waals surface area contributed by atoms with Gasteiger partial charge in [0.05, 0.1) is 0 Å². The smallest absolute Gasteiger partial charge is 0.293 e. The number of hydrogen-bond acceptors (Lipinski definition) is 1. The average Bonchev–Trinajstić information content (AvgIpc) is 1.86. The largest absolute Gasteiger partial charge is 0.402 e. The molecule has 0 fully saturated rings. The zero-order valence-corrected chi connectivity index (χ0v) is 5.35. The Labute approximate surface area is 61.2 Å². The summed E-state index contributed by atoms with van der Waals surface area (Å²) in [5, 5.41) is 0. The Morgan fingerprint density at radius 3 is 2.45 bits per heavy atom. The molecule has 1 atom stereocenters. The maximum Gasteiger partial charge on any atom is 0.402 e. The number of halogens is 3. The van der Waals surface area contributed by atoms with Crippen molar-refractivity contribution in [2.24, 2.45) is 5.92 Å². The third-order valence-corrected chi connectivity index (χ3v) is 1.26. The molecule has 1 rings (SSSR count). The molecule has 11 heavy (non-hydrogen) atoms. The van der Waals surface area contributed by atoms with Crippen molar-refractivity contribution in [1.29, 1.82) is 0 Å². The van der Waals surface area contributed by atoms with Crippen LogP contribution in [0.25, 0.3) is 0 Å². The quantitative estimate of drug-likeness (QED) is 0.528. The first-order valence-corrected chi connectivity index (χ1v) is 2.89. The first-order chi connectivity index (χ1) is 5.02. The lowest BCUT2D eigenvalue weighted by atomic mass is 9.99. The average molecular weight is 161 g/mol. The van der Waals surface area contributed by atoms with Gasteiger partial charge >= 0.3 is 6.18 Å². The third kappa shape index (κ3) is 1.69. The normalized spacial score (nSPS) is 24.3. The molecular formula is C7H4F3O. The van der Waals surface area contributed by atoms with Crippen molar-refractivity contribution in [3.05, 3.63) is 24.3 Å². The minimum atomic E-state index is -4.48. The predicted octanol–water partition coefficient (Wildman–Crippen LogP) is 1.66. The summed E-state index contributed by atoms with van der Waals surface area (Å²) in [6.07, 6.45) is 0.646. The lowest BCUT2D eigenvalue weighted by molar-refractivity contribution is -0.168. The molecule has 0 N–H and O–H groups in total. The van der Waals surface area contributed by atoms with Crippen molar-refractivity contribution < 1.29 is 18.0 Å². The molecule has 0 amide bonds. The molecular weight excluding hydrogens is 157 g/mol. The molecule has 0 spiro atoms. The zero-order valence-electron chi connectivity index (χ0n) is 5.35. The van der Waals surface area contributed by atoms with E-state index in [1.54, 1.807) is 0 Å². The highest BCUT2D eigenvalue weighted by Gasteiger charge is 2.42. The Balaban J connectivity index is 2.82. The summed E-state index contributed by atoms with van der Waals surface area (Å²) in [5.41, 5.74) is 0. The standard InChI is InChI=1S/C7H4F3O/c8-7(9,10)5-3-1-2-4-6(5)11/h1-3,5H. The van der Waals surface area contributed by atoms with E-state index in [1.165, 1.54) is 12.2 Å². The Bertz CT molecular complexity index is 224. The lowest BCUT2D eigenvalue weighted by Gasteiger charge is -2.14. The number of ketones is 1. The van der Waals surface area contributed by atoms with Crippen LogP contribution in [0.2, 0.25) is 0 Å². The molecule has 0 aliphatic heterocycles. The summed E-state index contributed by atoms with van der Waals surface area (Å²) in [7, 11) is 0. The fourth-order valence-corrected chi connectivity index (χ4v) is 0.732. The van der Waals surface area contributed by atoms with Crippen LogP contribution < -0.4 is 0 Å². The molecule has 0 saturated carbocycles. The first-order valence-electron chi connectivity index (χ1n) is 2.89. The molecule has 0 aromatic rings. The van der Waals surface area contributed by atoms with Gasteiger partial charge in [-0.1, -0.05) is 18.2 Å². The highest BCUT2D eigenvalue weighted by Crippen LogP contribution is 2.29. The second-order valence-corrected chi connectivity index (χ2v) is 2.08. The van der Waals surface area contributed by atoms with E-state index in [0.717, 1.165) is 6.08 Å². The number of rotatable bonds is 0. The summed E-state index contributed by atoms with van der Waals surface area (Å²) in [5.74, 6) is -3.02. The van der Waals surface area contributed by atoms with Gasteiger partial charge in [0.1, 0.15) is 5.92 Å². The van der Waals surface area contributed by atoms with Gasteiger partial charge in [-0.05, 0) is 0 Å². The van der Waals surface area contributed by atoms with Crippen LogP contribution in [-0.4, -0.2) is 12.0 Å². The van der Waals surface area contributed by atoms with Crippen LogP contribution >= 0.6 is 0 Å². The predicted molar refractivity (Wildman–Crippen MR) is 31.5 cm³/mol.